The van der Waals surface area contributed by atoms with Gasteiger partial charge in [0, 0.05) is 17.6 Å². The number of nitrogens with one attached hydrogen (secondary N) is 2. The van der Waals surface area contributed by atoms with E-state index in [1.165, 1.54) is 18.4 Å². The summed E-state index contributed by atoms with van der Waals surface area (Å²) in [4.78, 5) is 12.2. The van der Waals surface area contributed by atoms with Gasteiger partial charge in [0.25, 0.3) is 5.91 Å². The van der Waals surface area contributed by atoms with Gasteiger partial charge in [0.1, 0.15) is 0 Å². The smallest absolute Gasteiger partial charge is 0.251 e. The van der Waals surface area contributed by atoms with E-state index in [9.17, 15) is 4.79 Å². The number of carbonyl (C=O) groups is 1. The third-order valence-corrected chi connectivity index (χ3v) is 4.08. The summed E-state index contributed by atoms with van der Waals surface area (Å²) in [6.45, 7) is 7.25. The van der Waals surface area contributed by atoms with Crippen molar-refractivity contribution in [3.05, 3.63) is 34.9 Å². The fraction of sp³-hybridized carbons (Fsp3) is 0.562. The van der Waals surface area contributed by atoms with Crippen LogP contribution in [0.2, 0.25) is 0 Å². The monoisotopic (exact) mass is 260 g/mol. The molecule has 0 aromatic heterocycles. The number of aryl methyl sites for hydroxylation is 2. The first kappa shape index (κ1) is 14.1. The molecule has 1 heterocycles. The Hall–Kier alpha value is -1.35. The predicted octanol–water partition coefficient (Wildman–Crippen LogP) is 2.56. The minimum atomic E-state index is 0.0305. The van der Waals surface area contributed by atoms with E-state index in [4.69, 9.17) is 0 Å². The topological polar surface area (TPSA) is 41.1 Å². The second kappa shape index (κ2) is 6.20. The molecule has 19 heavy (non-hydrogen) atoms. The molecular formula is C16H24N2O. The van der Waals surface area contributed by atoms with Crippen LogP contribution in [0.4, 0.5) is 0 Å². The second-order valence-electron chi connectivity index (χ2n) is 5.62. The summed E-state index contributed by atoms with van der Waals surface area (Å²) >= 11 is 0. The molecule has 1 aliphatic heterocycles. The molecule has 104 valence electrons. The van der Waals surface area contributed by atoms with Crippen molar-refractivity contribution in [2.24, 2.45) is 0 Å². The van der Waals surface area contributed by atoms with Crippen LogP contribution in [0.15, 0.2) is 18.2 Å². The molecule has 2 atom stereocenters. The number of piperidine rings is 1. The van der Waals surface area contributed by atoms with Gasteiger partial charge in [0.2, 0.25) is 0 Å². The zero-order valence-corrected chi connectivity index (χ0v) is 12.1. The van der Waals surface area contributed by atoms with Gasteiger partial charge in [-0.25, -0.2) is 0 Å². The SMILES string of the molecule is Cc1ccc(C(=O)NC(C)C2CCCCN2)cc1C. The summed E-state index contributed by atoms with van der Waals surface area (Å²) in [5.74, 6) is 0.0305. The third kappa shape index (κ3) is 3.57. The Balaban J connectivity index is 1.97. The Labute approximate surface area is 115 Å². The number of benzene rings is 1. The molecule has 1 aromatic rings. The van der Waals surface area contributed by atoms with Crippen LogP contribution >= 0.6 is 0 Å². The van der Waals surface area contributed by atoms with E-state index in [1.807, 2.05) is 25.1 Å². The van der Waals surface area contributed by atoms with E-state index in [0.29, 0.717) is 6.04 Å². The summed E-state index contributed by atoms with van der Waals surface area (Å²) in [6, 6.07) is 6.46. The Kier molecular flexibility index (Phi) is 4.59. The number of carbonyl (C=O) groups excluding carboxylic acids is 1. The van der Waals surface area contributed by atoms with Gasteiger partial charge in [0.05, 0.1) is 0 Å². The first-order valence-corrected chi connectivity index (χ1v) is 7.19. The molecule has 1 fully saturated rings. The van der Waals surface area contributed by atoms with Crippen LogP contribution in [0.25, 0.3) is 0 Å². The number of rotatable bonds is 3. The second-order valence-corrected chi connectivity index (χ2v) is 5.62. The lowest BCUT2D eigenvalue weighted by Gasteiger charge is -2.29. The molecule has 3 nitrogen and oxygen atoms in total. The van der Waals surface area contributed by atoms with Crippen molar-refractivity contribution in [3.63, 3.8) is 0 Å². The zero-order chi connectivity index (χ0) is 13.8. The van der Waals surface area contributed by atoms with Gasteiger partial charge in [0.15, 0.2) is 0 Å². The lowest BCUT2D eigenvalue weighted by atomic mass is 9.98. The van der Waals surface area contributed by atoms with E-state index in [-0.39, 0.29) is 11.9 Å². The van der Waals surface area contributed by atoms with Gasteiger partial charge in [-0.15, -0.1) is 0 Å². The van der Waals surface area contributed by atoms with Crippen molar-refractivity contribution in [2.75, 3.05) is 6.54 Å². The largest absolute Gasteiger partial charge is 0.348 e. The van der Waals surface area contributed by atoms with E-state index in [1.54, 1.807) is 0 Å². The summed E-state index contributed by atoms with van der Waals surface area (Å²) in [5.41, 5.74) is 3.14. The molecule has 3 heteroatoms. The van der Waals surface area contributed by atoms with Crippen molar-refractivity contribution in [1.82, 2.24) is 10.6 Å². The molecule has 1 saturated heterocycles. The van der Waals surface area contributed by atoms with Crippen LogP contribution in [0.5, 0.6) is 0 Å². The quantitative estimate of drug-likeness (QED) is 0.877. The minimum Gasteiger partial charge on any atom is -0.348 e. The predicted molar refractivity (Wildman–Crippen MR) is 78.5 cm³/mol. The Morgan fingerprint density at radius 3 is 2.74 bits per heavy atom. The van der Waals surface area contributed by atoms with Crippen LogP contribution in [0.3, 0.4) is 0 Å². The van der Waals surface area contributed by atoms with E-state index in [0.717, 1.165) is 24.1 Å². The van der Waals surface area contributed by atoms with Crippen LogP contribution < -0.4 is 10.6 Å². The van der Waals surface area contributed by atoms with Crippen molar-refractivity contribution in [1.29, 1.82) is 0 Å². The molecule has 0 radical (unpaired) electrons. The number of hydrogen-bond donors (Lipinski definition) is 2. The average Bonchev–Trinajstić information content (AvgIpc) is 2.42. The van der Waals surface area contributed by atoms with E-state index in [2.05, 4.69) is 24.5 Å². The molecule has 2 rings (SSSR count). The van der Waals surface area contributed by atoms with Crippen molar-refractivity contribution < 1.29 is 4.79 Å². The molecule has 1 aromatic carbocycles. The first-order chi connectivity index (χ1) is 9.08. The normalized spacial score (nSPS) is 20.9. The van der Waals surface area contributed by atoms with Gasteiger partial charge < -0.3 is 10.6 Å². The maximum absolute atomic E-state index is 12.2. The molecule has 2 N–H and O–H groups in total. The number of hydrogen-bond acceptors (Lipinski definition) is 2. The fourth-order valence-electron chi connectivity index (χ4n) is 2.58. The van der Waals surface area contributed by atoms with Gasteiger partial charge >= 0.3 is 0 Å². The molecule has 1 aliphatic rings. The molecule has 0 bridgehead atoms. The van der Waals surface area contributed by atoms with Crippen molar-refractivity contribution in [3.8, 4) is 0 Å². The minimum absolute atomic E-state index is 0.0305. The molecule has 0 spiro atoms. The Morgan fingerprint density at radius 2 is 2.11 bits per heavy atom. The van der Waals surface area contributed by atoms with Gasteiger partial charge in [-0.2, -0.15) is 0 Å². The van der Waals surface area contributed by atoms with Crippen LogP contribution in [-0.2, 0) is 0 Å². The molecule has 2 unspecified atom stereocenters. The van der Waals surface area contributed by atoms with Crippen LogP contribution in [-0.4, -0.2) is 24.5 Å². The maximum Gasteiger partial charge on any atom is 0.251 e. The van der Waals surface area contributed by atoms with Crippen LogP contribution in [0, 0.1) is 13.8 Å². The van der Waals surface area contributed by atoms with Crippen LogP contribution in [0.1, 0.15) is 47.7 Å². The third-order valence-electron chi connectivity index (χ3n) is 4.08. The van der Waals surface area contributed by atoms with Crippen molar-refractivity contribution in [2.45, 2.75) is 52.1 Å². The lowest BCUT2D eigenvalue weighted by Crippen LogP contribution is -2.50. The summed E-state index contributed by atoms with van der Waals surface area (Å²) < 4.78 is 0. The Morgan fingerprint density at radius 1 is 1.32 bits per heavy atom. The molecule has 0 saturated carbocycles. The van der Waals surface area contributed by atoms with Gasteiger partial charge in [-0.05, 0) is 63.4 Å². The summed E-state index contributed by atoms with van der Waals surface area (Å²) in [5, 5.41) is 6.59. The average molecular weight is 260 g/mol. The Bertz CT molecular complexity index is 450. The summed E-state index contributed by atoms with van der Waals surface area (Å²) in [7, 11) is 0. The zero-order valence-electron chi connectivity index (χ0n) is 12.1. The molecule has 1 amide bonds. The van der Waals surface area contributed by atoms with Gasteiger partial charge in [-0.1, -0.05) is 12.5 Å². The standard InChI is InChI=1S/C16H24N2O/c1-11-7-8-14(10-12(11)2)16(19)18-13(3)15-6-4-5-9-17-15/h7-8,10,13,15,17H,4-6,9H2,1-3H3,(H,18,19). The van der Waals surface area contributed by atoms with E-state index >= 15 is 0 Å². The maximum atomic E-state index is 12.2. The van der Waals surface area contributed by atoms with Gasteiger partial charge in [-0.3, -0.25) is 4.79 Å². The highest BCUT2D eigenvalue weighted by atomic mass is 16.1. The highest BCUT2D eigenvalue weighted by Gasteiger charge is 2.21. The number of amides is 1. The molecular weight excluding hydrogens is 236 g/mol. The highest BCUT2D eigenvalue weighted by Crippen LogP contribution is 2.12. The summed E-state index contributed by atoms with van der Waals surface area (Å²) in [6.07, 6.45) is 3.64. The highest BCUT2D eigenvalue weighted by molar-refractivity contribution is 5.94. The van der Waals surface area contributed by atoms with Crippen molar-refractivity contribution >= 4 is 5.91 Å². The lowest BCUT2D eigenvalue weighted by molar-refractivity contribution is 0.0928. The molecule has 0 aliphatic carbocycles. The fourth-order valence-corrected chi connectivity index (χ4v) is 2.58. The first-order valence-electron chi connectivity index (χ1n) is 7.19. The van der Waals surface area contributed by atoms with E-state index < -0.39 is 0 Å².